The molecule has 0 amide bonds. The standard InChI is InChI=1S/C12H12N2O4S2/c1-8-3-5-9(6-4-8)11-12(19-14-13-11)20(16,17)7-10(15)18-2/h3-6H,7H2,1-2H3. The van der Waals surface area contributed by atoms with E-state index in [0.29, 0.717) is 5.56 Å². The van der Waals surface area contributed by atoms with Crippen molar-refractivity contribution in [1.82, 2.24) is 9.59 Å². The van der Waals surface area contributed by atoms with Crippen LogP contribution in [0, 0.1) is 6.92 Å². The average Bonchev–Trinajstić information content (AvgIpc) is 2.89. The monoisotopic (exact) mass is 312 g/mol. The molecule has 8 heteroatoms. The summed E-state index contributed by atoms with van der Waals surface area (Å²) >= 11 is 0.751. The second kappa shape index (κ2) is 5.68. The van der Waals surface area contributed by atoms with Crippen LogP contribution in [0.4, 0.5) is 0 Å². The molecule has 1 aromatic carbocycles. The maximum atomic E-state index is 12.2. The highest BCUT2D eigenvalue weighted by Crippen LogP contribution is 2.29. The van der Waals surface area contributed by atoms with Gasteiger partial charge in [-0.25, -0.2) is 8.42 Å². The van der Waals surface area contributed by atoms with Gasteiger partial charge in [-0.2, -0.15) is 0 Å². The van der Waals surface area contributed by atoms with E-state index in [9.17, 15) is 13.2 Å². The van der Waals surface area contributed by atoms with Crippen molar-refractivity contribution >= 4 is 27.3 Å². The largest absolute Gasteiger partial charge is 0.468 e. The molecule has 0 aliphatic carbocycles. The molecule has 6 nitrogen and oxygen atoms in total. The van der Waals surface area contributed by atoms with Gasteiger partial charge in [0.1, 0.15) is 5.69 Å². The molecule has 106 valence electrons. The fraction of sp³-hybridized carbons (Fsp3) is 0.250. The molecule has 0 bridgehead atoms. The van der Waals surface area contributed by atoms with E-state index in [4.69, 9.17) is 0 Å². The molecule has 1 heterocycles. The second-order valence-electron chi connectivity index (χ2n) is 4.11. The topological polar surface area (TPSA) is 86.2 Å². The van der Waals surface area contributed by atoms with Crippen molar-refractivity contribution in [2.24, 2.45) is 0 Å². The number of sulfone groups is 1. The minimum absolute atomic E-state index is 0.0215. The molecule has 0 atom stereocenters. The smallest absolute Gasteiger partial charge is 0.321 e. The van der Waals surface area contributed by atoms with Gasteiger partial charge >= 0.3 is 5.97 Å². The zero-order valence-corrected chi connectivity index (χ0v) is 12.5. The van der Waals surface area contributed by atoms with Gasteiger partial charge < -0.3 is 4.74 Å². The number of nitrogens with zero attached hydrogens (tertiary/aromatic N) is 2. The highest BCUT2D eigenvalue weighted by Gasteiger charge is 2.27. The minimum atomic E-state index is -3.80. The number of esters is 1. The van der Waals surface area contributed by atoms with E-state index < -0.39 is 21.6 Å². The summed E-state index contributed by atoms with van der Waals surface area (Å²) < 4.78 is 32.4. The Hall–Kier alpha value is -1.80. The van der Waals surface area contributed by atoms with Gasteiger partial charge in [0.25, 0.3) is 0 Å². The van der Waals surface area contributed by atoms with Crippen LogP contribution in [-0.2, 0) is 19.4 Å². The molecular weight excluding hydrogens is 300 g/mol. The Labute approximate surface area is 120 Å². The summed E-state index contributed by atoms with van der Waals surface area (Å²) in [5, 5.41) is 3.85. The fourth-order valence-electron chi connectivity index (χ4n) is 1.55. The third-order valence-electron chi connectivity index (χ3n) is 2.60. The van der Waals surface area contributed by atoms with Crippen LogP contribution < -0.4 is 0 Å². The van der Waals surface area contributed by atoms with Crippen molar-refractivity contribution in [3.8, 4) is 11.3 Å². The van der Waals surface area contributed by atoms with E-state index in [-0.39, 0.29) is 9.90 Å². The summed E-state index contributed by atoms with van der Waals surface area (Å²) in [5.41, 5.74) is 1.96. The summed E-state index contributed by atoms with van der Waals surface area (Å²) in [6, 6.07) is 7.24. The van der Waals surface area contributed by atoms with Gasteiger partial charge in [-0.3, -0.25) is 4.79 Å². The number of hydrogen-bond acceptors (Lipinski definition) is 7. The Morgan fingerprint density at radius 1 is 1.30 bits per heavy atom. The van der Waals surface area contributed by atoms with Crippen molar-refractivity contribution < 1.29 is 17.9 Å². The van der Waals surface area contributed by atoms with Crippen LogP contribution in [0.25, 0.3) is 11.3 Å². The van der Waals surface area contributed by atoms with Crippen molar-refractivity contribution in [3.05, 3.63) is 29.8 Å². The van der Waals surface area contributed by atoms with Crippen molar-refractivity contribution in [2.45, 2.75) is 11.1 Å². The molecule has 2 aromatic rings. The third-order valence-corrected chi connectivity index (χ3v) is 5.48. The van der Waals surface area contributed by atoms with Crippen molar-refractivity contribution in [2.75, 3.05) is 12.9 Å². The summed E-state index contributed by atoms with van der Waals surface area (Å²) in [7, 11) is -2.66. The Kier molecular flexibility index (Phi) is 4.15. The van der Waals surface area contributed by atoms with Crippen LogP contribution in [-0.4, -0.2) is 36.8 Å². The molecule has 0 spiro atoms. The zero-order valence-electron chi connectivity index (χ0n) is 10.9. The van der Waals surface area contributed by atoms with Crippen molar-refractivity contribution in [3.63, 3.8) is 0 Å². The Balaban J connectivity index is 2.43. The number of carbonyl (C=O) groups is 1. The van der Waals surface area contributed by atoms with Crippen LogP contribution in [0.3, 0.4) is 0 Å². The van der Waals surface area contributed by atoms with Gasteiger partial charge in [-0.05, 0) is 6.92 Å². The van der Waals surface area contributed by atoms with Crippen LogP contribution in [0.15, 0.2) is 28.5 Å². The number of methoxy groups -OCH3 is 1. The molecule has 0 aliphatic rings. The summed E-state index contributed by atoms with van der Waals surface area (Å²) in [4.78, 5) is 11.2. The van der Waals surface area contributed by atoms with Gasteiger partial charge in [0.05, 0.1) is 7.11 Å². The number of rotatable bonds is 4. The molecule has 0 unspecified atom stereocenters. The van der Waals surface area contributed by atoms with E-state index in [0.717, 1.165) is 24.2 Å². The van der Waals surface area contributed by atoms with Crippen molar-refractivity contribution in [1.29, 1.82) is 0 Å². The lowest BCUT2D eigenvalue weighted by atomic mass is 10.1. The predicted octanol–water partition coefficient (Wildman–Crippen LogP) is 1.46. The van der Waals surface area contributed by atoms with E-state index in [1.165, 1.54) is 0 Å². The molecule has 0 saturated heterocycles. The number of hydrogen-bond donors (Lipinski definition) is 0. The molecule has 1 aromatic heterocycles. The molecule has 0 N–H and O–H groups in total. The number of carbonyl (C=O) groups excluding carboxylic acids is 1. The van der Waals surface area contributed by atoms with Gasteiger partial charge in [0.15, 0.2) is 9.96 Å². The van der Waals surface area contributed by atoms with Gasteiger partial charge in [0.2, 0.25) is 9.84 Å². The first kappa shape index (κ1) is 14.6. The molecule has 0 saturated carbocycles. The molecular formula is C12H12N2O4S2. The quantitative estimate of drug-likeness (QED) is 0.794. The molecule has 20 heavy (non-hydrogen) atoms. The van der Waals surface area contributed by atoms with Gasteiger partial charge in [0, 0.05) is 17.1 Å². The van der Waals surface area contributed by atoms with Crippen LogP contribution >= 0.6 is 11.5 Å². The number of aromatic nitrogens is 2. The van der Waals surface area contributed by atoms with Gasteiger partial charge in [-0.1, -0.05) is 34.3 Å². The van der Waals surface area contributed by atoms with E-state index in [2.05, 4.69) is 14.3 Å². The molecule has 0 fully saturated rings. The predicted molar refractivity (Wildman–Crippen MR) is 74.2 cm³/mol. The lowest BCUT2D eigenvalue weighted by molar-refractivity contribution is -0.137. The maximum Gasteiger partial charge on any atom is 0.321 e. The van der Waals surface area contributed by atoms with E-state index in [1.807, 2.05) is 19.1 Å². The maximum absolute atomic E-state index is 12.2. The highest BCUT2D eigenvalue weighted by atomic mass is 32.2. The highest BCUT2D eigenvalue weighted by molar-refractivity contribution is 7.94. The van der Waals surface area contributed by atoms with Crippen LogP contribution in [0.5, 0.6) is 0 Å². The zero-order chi connectivity index (χ0) is 14.8. The summed E-state index contributed by atoms with van der Waals surface area (Å²) in [5.74, 6) is -1.53. The minimum Gasteiger partial charge on any atom is -0.468 e. The molecule has 2 rings (SSSR count). The third kappa shape index (κ3) is 3.02. The lowest BCUT2D eigenvalue weighted by Crippen LogP contribution is -2.17. The first-order valence-corrected chi connectivity index (χ1v) is 8.05. The second-order valence-corrected chi connectivity index (χ2v) is 7.05. The molecule has 0 aliphatic heterocycles. The van der Waals surface area contributed by atoms with Crippen LogP contribution in [0.2, 0.25) is 0 Å². The molecule has 0 radical (unpaired) electrons. The number of aryl methyl sites for hydroxylation is 1. The fourth-order valence-corrected chi connectivity index (χ4v) is 3.74. The Morgan fingerprint density at radius 3 is 2.55 bits per heavy atom. The number of benzene rings is 1. The SMILES string of the molecule is COC(=O)CS(=O)(=O)c1snnc1-c1ccc(C)cc1. The summed E-state index contributed by atoms with van der Waals surface area (Å²) in [6.07, 6.45) is 0. The Morgan fingerprint density at radius 2 is 1.95 bits per heavy atom. The summed E-state index contributed by atoms with van der Waals surface area (Å²) in [6.45, 7) is 1.93. The first-order chi connectivity index (χ1) is 9.44. The first-order valence-electron chi connectivity index (χ1n) is 5.63. The van der Waals surface area contributed by atoms with E-state index in [1.54, 1.807) is 12.1 Å². The van der Waals surface area contributed by atoms with Gasteiger partial charge in [-0.15, -0.1) is 5.10 Å². The average molecular weight is 312 g/mol. The van der Waals surface area contributed by atoms with E-state index >= 15 is 0 Å². The van der Waals surface area contributed by atoms with Crippen LogP contribution in [0.1, 0.15) is 5.56 Å². The Bertz CT molecular complexity index is 720. The normalized spacial score (nSPS) is 11.3. The lowest BCUT2D eigenvalue weighted by Gasteiger charge is -2.03. The number of ether oxygens (including phenoxy) is 1.